The summed E-state index contributed by atoms with van der Waals surface area (Å²) in [5, 5.41) is 0. The molecule has 0 bridgehead atoms. The lowest BCUT2D eigenvalue weighted by Gasteiger charge is -2.13. The zero-order chi connectivity index (χ0) is 23.8. The van der Waals surface area contributed by atoms with Crippen LogP contribution in [0.5, 0.6) is 17.2 Å². The Morgan fingerprint density at radius 3 is 2.56 bits per heavy atom. The first kappa shape index (κ1) is 23.4. The molecule has 0 N–H and O–H groups in total. The molecule has 0 amide bonds. The van der Waals surface area contributed by atoms with E-state index in [9.17, 15) is 0 Å². The maximum absolute atomic E-state index is 6.15. The number of unbranched alkanes of at least 4 members (excludes halogenated alkanes) is 1. The van der Waals surface area contributed by atoms with E-state index in [0.29, 0.717) is 19.0 Å². The monoisotopic (exact) mass is 456 g/mol. The highest BCUT2D eigenvalue weighted by Gasteiger charge is 2.13. The van der Waals surface area contributed by atoms with Crippen molar-refractivity contribution in [3.8, 4) is 17.2 Å². The van der Waals surface area contributed by atoms with E-state index in [1.807, 2.05) is 54.6 Å². The van der Waals surface area contributed by atoms with Crippen molar-refractivity contribution < 1.29 is 14.2 Å². The smallest absolute Gasteiger partial charge is 0.161 e. The van der Waals surface area contributed by atoms with E-state index >= 15 is 0 Å². The number of hydrogen-bond donors (Lipinski definition) is 0. The Kier molecular flexibility index (Phi) is 7.87. The summed E-state index contributed by atoms with van der Waals surface area (Å²) in [5.74, 6) is 3.24. The largest absolute Gasteiger partial charge is 0.494 e. The molecule has 0 fully saturated rings. The Labute approximate surface area is 201 Å². The highest BCUT2D eigenvalue weighted by atomic mass is 16.5. The molecular formula is C29H32N2O3. The number of benzene rings is 3. The molecule has 0 saturated heterocycles. The average molecular weight is 457 g/mol. The first-order valence-corrected chi connectivity index (χ1v) is 11.7. The maximum atomic E-state index is 6.15. The highest BCUT2D eigenvalue weighted by molar-refractivity contribution is 5.75. The van der Waals surface area contributed by atoms with Crippen LogP contribution in [0.3, 0.4) is 0 Å². The number of imidazole rings is 1. The van der Waals surface area contributed by atoms with Gasteiger partial charge in [-0.15, -0.1) is 6.58 Å². The van der Waals surface area contributed by atoms with E-state index in [1.54, 1.807) is 7.11 Å². The second kappa shape index (κ2) is 11.4. The number of para-hydroxylation sites is 2. The SMILES string of the molecule is C=CCc1ccc(OCc2nc3ccccc3n2CCCCOc2ccc(C)cc2)c(OC)c1. The number of allylic oxidation sites excluding steroid dienone is 1. The summed E-state index contributed by atoms with van der Waals surface area (Å²) in [7, 11) is 1.66. The fourth-order valence-electron chi connectivity index (χ4n) is 3.95. The van der Waals surface area contributed by atoms with Gasteiger partial charge in [-0.05, 0) is 68.1 Å². The fraction of sp³-hybridized carbons (Fsp3) is 0.276. The molecule has 3 aromatic carbocycles. The van der Waals surface area contributed by atoms with Gasteiger partial charge in [0.15, 0.2) is 11.5 Å². The Bertz CT molecular complexity index is 1230. The van der Waals surface area contributed by atoms with Gasteiger partial charge in [0.1, 0.15) is 18.2 Å². The zero-order valence-corrected chi connectivity index (χ0v) is 20.0. The minimum absolute atomic E-state index is 0.367. The van der Waals surface area contributed by atoms with E-state index in [4.69, 9.17) is 19.2 Å². The Balaban J connectivity index is 1.41. The molecule has 0 aliphatic carbocycles. The van der Waals surface area contributed by atoms with Crippen molar-refractivity contribution in [3.63, 3.8) is 0 Å². The van der Waals surface area contributed by atoms with Crippen LogP contribution in [0, 0.1) is 6.92 Å². The summed E-state index contributed by atoms with van der Waals surface area (Å²) in [6, 6.07) is 22.4. The molecule has 0 saturated carbocycles. The van der Waals surface area contributed by atoms with E-state index in [0.717, 1.165) is 59.7 Å². The number of fused-ring (bicyclic) bond motifs is 1. The number of rotatable bonds is 12. The summed E-state index contributed by atoms with van der Waals surface area (Å²) in [6.07, 6.45) is 4.61. The molecule has 5 nitrogen and oxygen atoms in total. The fourth-order valence-corrected chi connectivity index (χ4v) is 3.95. The van der Waals surface area contributed by atoms with Crippen molar-refractivity contribution in [3.05, 3.63) is 96.3 Å². The molecule has 0 spiro atoms. The number of aryl methyl sites for hydroxylation is 2. The van der Waals surface area contributed by atoms with Crippen LogP contribution in [-0.4, -0.2) is 23.3 Å². The Morgan fingerprint density at radius 2 is 1.76 bits per heavy atom. The predicted octanol–water partition coefficient (Wildman–Crippen LogP) is 6.52. The normalized spacial score (nSPS) is 10.9. The van der Waals surface area contributed by atoms with Crippen LogP contribution in [0.4, 0.5) is 0 Å². The topological polar surface area (TPSA) is 45.5 Å². The molecule has 0 atom stereocenters. The maximum Gasteiger partial charge on any atom is 0.161 e. The lowest BCUT2D eigenvalue weighted by atomic mass is 10.1. The molecule has 176 valence electrons. The molecule has 1 aromatic heterocycles. The second-order valence-corrected chi connectivity index (χ2v) is 8.30. The Morgan fingerprint density at radius 1 is 0.941 bits per heavy atom. The number of nitrogens with zero attached hydrogens (tertiary/aromatic N) is 2. The molecule has 0 unspecified atom stereocenters. The van der Waals surface area contributed by atoms with Gasteiger partial charge in [0, 0.05) is 6.54 Å². The van der Waals surface area contributed by atoms with Gasteiger partial charge in [-0.1, -0.05) is 42.0 Å². The number of methoxy groups -OCH3 is 1. The molecule has 4 aromatic rings. The zero-order valence-electron chi connectivity index (χ0n) is 20.0. The van der Waals surface area contributed by atoms with Gasteiger partial charge >= 0.3 is 0 Å². The van der Waals surface area contributed by atoms with Crippen LogP contribution < -0.4 is 14.2 Å². The standard InChI is InChI=1S/C29H32N2O3/c1-4-9-23-14-17-27(28(20-23)32-3)34-21-29-30-25-10-5-6-11-26(25)31(29)18-7-8-19-33-24-15-12-22(2)13-16-24/h4-6,10-17,20H,1,7-9,18-19,21H2,2-3H3. The average Bonchev–Trinajstić information content (AvgIpc) is 3.21. The summed E-state index contributed by atoms with van der Waals surface area (Å²) >= 11 is 0. The van der Waals surface area contributed by atoms with E-state index in [-0.39, 0.29) is 0 Å². The minimum atomic E-state index is 0.367. The molecule has 4 rings (SSSR count). The lowest BCUT2D eigenvalue weighted by Crippen LogP contribution is -2.09. The third-order valence-electron chi connectivity index (χ3n) is 5.76. The molecule has 5 heteroatoms. The van der Waals surface area contributed by atoms with Crippen LogP contribution >= 0.6 is 0 Å². The van der Waals surface area contributed by atoms with Gasteiger partial charge in [-0.25, -0.2) is 4.98 Å². The van der Waals surface area contributed by atoms with Gasteiger partial charge in [-0.3, -0.25) is 0 Å². The predicted molar refractivity (Wildman–Crippen MR) is 137 cm³/mol. The first-order valence-electron chi connectivity index (χ1n) is 11.7. The van der Waals surface area contributed by atoms with Crippen LogP contribution in [0.15, 0.2) is 79.4 Å². The van der Waals surface area contributed by atoms with Crippen molar-refractivity contribution in [2.24, 2.45) is 0 Å². The molecule has 0 aliphatic rings. The van der Waals surface area contributed by atoms with Crippen LogP contribution in [0.1, 0.15) is 29.8 Å². The number of hydrogen-bond acceptors (Lipinski definition) is 4. The summed E-state index contributed by atoms with van der Waals surface area (Å²) in [5.41, 5.74) is 4.47. The third kappa shape index (κ3) is 5.79. The third-order valence-corrected chi connectivity index (χ3v) is 5.76. The molecule has 0 radical (unpaired) electrons. The van der Waals surface area contributed by atoms with Crippen molar-refractivity contribution in [2.45, 2.75) is 39.3 Å². The summed E-state index contributed by atoms with van der Waals surface area (Å²) in [6.45, 7) is 7.79. The first-order chi connectivity index (χ1) is 16.7. The molecule has 0 aliphatic heterocycles. The molecular weight excluding hydrogens is 424 g/mol. The van der Waals surface area contributed by atoms with Crippen molar-refractivity contribution in [1.29, 1.82) is 0 Å². The van der Waals surface area contributed by atoms with Gasteiger partial charge < -0.3 is 18.8 Å². The van der Waals surface area contributed by atoms with Gasteiger partial charge in [0.2, 0.25) is 0 Å². The minimum Gasteiger partial charge on any atom is -0.494 e. The van der Waals surface area contributed by atoms with Gasteiger partial charge in [0.05, 0.1) is 24.8 Å². The van der Waals surface area contributed by atoms with E-state index in [2.05, 4.69) is 36.3 Å². The highest BCUT2D eigenvalue weighted by Crippen LogP contribution is 2.29. The Hall–Kier alpha value is -3.73. The number of ether oxygens (including phenoxy) is 3. The molecule has 34 heavy (non-hydrogen) atoms. The quantitative estimate of drug-likeness (QED) is 0.180. The second-order valence-electron chi connectivity index (χ2n) is 8.30. The summed E-state index contributed by atoms with van der Waals surface area (Å²) in [4.78, 5) is 4.84. The van der Waals surface area contributed by atoms with Crippen molar-refractivity contribution in [2.75, 3.05) is 13.7 Å². The van der Waals surface area contributed by atoms with Crippen molar-refractivity contribution >= 4 is 11.0 Å². The van der Waals surface area contributed by atoms with Crippen LogP contribution in [-0.2, 0) is 19.6 Å². The van der Waals surface area contributed by atoms with Gasteiger partial charge in [0.25, 0.3) is 0 Å². The summed E-state index contributed by atoms with van der Waals surface area (Å²) < 4.78 is 19.8. The van der Waals surface area contributed by atoms with E-state index < -0.39 is 0 Å². The van der Waals surface area contributed by atoms with E-state index in [1.165, 1.54) is 5.56 Å². The van der Waals surface area contributed by atoms with Crippen LogP contribution in [0.25, 0.3) is 11.0 Å². The lowest BCUT2D eigenvalue weighted by molar-refractivity contribution is 0.269. The van der Waals surface area contributed by atoms with Crippen molar-refractivity contribution in [1.82, 2.24) is 9.55 Å². The van der Waals surface area contributed by atoms with Gasteiger partial charge in [-0.2, -0.15) is 0 Å². The van der Waals surface area contributed by atoms with Crippen LogP contribution in [0.2, 0.25) is 0 Å². The number of aromatic nitrogens is 2. The molecule has 1 heterocycles.